The lowest BCUT2D eigenvalue weighted by Crippen LogP contribution is -2.44. The second-order valence-corrected chi connectivity index (χ2v) is 7.04. The van der Waals surface area contributed by atoms with Gasteiger partial charge in [0.15, 0.2) is 6.10 Å². The first-order valence-electron chi connectivity index (χ1n) is 8.70. The molecule has 0 radical (unpaired) electrons. The molecule has 2 rings (SSSR count). The Morgan fingerprint density at radius 2 is 1.56 bits per heavy atom. The predicted molar refractivity (Wildman–Crippen MR) is 102 cm³/mol. The van der Waals surface area contributed by atoms with Gasteiger partial charge in [0.05, 0.1) is 6.54 Å². The summed E-state index contributed by atoms with van der Waals surface area (Å²) in [5, 5.41) is 10.3. The lowest BCUT2D eigenvalue weighted by atomic mass is 10.2. The molecule has 6 heteroatoms. The smallest absolute Gasteiger partial charge is 0.414 e. The maximum atomic E-state index is 12.5. The van der Waals surface area contributed by atoms with Crippen LogP contribution in [0.15, 0.2) is 60.7 Å². The van der Waals surface area contributed by atoms with Gasteiger partial charge in [-0.1, -0.05) is 48.5 Å². The average Bonchev–Trinajstić information content (AvgIpc) is 2.64. The van der Waals surface area contributed by atoms with Gasteiger partial charge in [0.1, 0.15) is 12.2 Å². The summed E-state index contributed by atoms with van der Waals surface area (Å²) >= 11 is 0. The quantitative estimate of drug-likeness (QED) is 0.786. The standard InChI is InChI=1S/C21H25NO5/c1-21(2,3)27-20(25)22(17-12-8-5-9-13-17)14-18(23)19(24)26-15-16-10-6-4-7-11-16/h4-13,18,23H,14-15H2,1-3H3. The molecule has 1 atom stereocenters. The lowest BCUT2D eigenvalue weighted by Gasteiger charge is -2.28. The molecule has 27 heavy (non-hydrogen) atoms. The minimum absolute atomic E-state index is 0.0501. The van der Waals surface area contributed by atoms with E-state index in [1.807, 2.05) is 30.3 Å². The zero-order valence-corrected chi connectivity index (χ0v) is 15.8. The van der Waals surface area contributed by atoms with E-state index in [2.05, 4.69) is 0 Å². The van der Waals surface area contributed by atoms with Crippen molar-refractivity contribution in [2.45, 2.75) is 39.1 Å². The zero-order valence-electron chi connectivity index (χ0n) is 15.8. The van der Waals surface area contributed by atoms with Gasteiger partial charge < -0.3 is 14.6 Å². The Morgan fingerprint density at radius 3 is 2.11 bits per heavy atom. The Morgan fingerprint density at radius 1 is 1.00 bits per heavy atom. The second kappa shape index (κ2) is 9.19. The minimum atomic E-state index is -1.50. The van der Waals surface area contributed by atoms with Crippen LogP contribution in [0.1, 0.15) is 26.3 Å². The van der Waals surface area contributed by atoms with E-state index in [1.54, 1.807) is 51.1 Å². The molecule has 0 heterocycles. The number of hydrogen-bond acceptors (Lipinski definition) is 5. The molecule has 1 unspecified atom stereocenters. The number of hydrogen-bond donors (Lipinski definition) is 1. The van der Waals surface area contributed by atoms with Gasteiger partial charge in [0.25, 0.3) is 0 Å². The van der Waals surface area contributed by atoms with E-state index in [4.69, 9.17) is 9.47 Å². The molecule has 2 aromatic carbocycles. The van der Waals surface area contributed by atoms with Crippen LogP contribution in [0.2, 0.25) is 0 Å². The largest absolute Gasteiger partial charge is 0.459 e. The SMILES string of the molecule is CC(C)(C)OC(=O)N(CC(O)C(=O)OCc1ccccc1)c1ccccc1. The number of carbonyl (C=O) groups is 2. The number of amides is 1. The fraction of sp³-hybridized carbons (Fsp3) is 0.333. The summed E-state index contributed by atoms with van der Waals surface area (Å²) < 4.78 is 10.5. The molecule has 0 saturated carbocycles. The maximum Gasteiger partial charge on any atom is 0.414 e. The van der Waals surface area contributed by atoms with Crippen molar-refractivity contribution in [1.29, 1.82) is 0 Å². The zero-order chi connectivity index (χ0) is 19.9. The number of aliphatic hydroxyl groups is 1. The van der Waals surface area contributed by atoms with E-state index in [9.17, 15) is 14.7 Å². The summed E-state index contributed by atoms with van der Waals surface area (Å²) in [6, 6.07) is 17.9. The Balaban J connectivity index is 2.04. The van der Waals surface area contributed by atoms with Gasteiger partial charge in [-0.15, -0.1) is 0 Å². The van der Waals surface area contributed by atoms with E-state index in [0.717, 1.165) is 5.56 Å². The van der Waals surface area contributed by atoms with Gasteiger partial charge in [0, 0.05) is 5.69 Å². The third-order valence-electron chi connectivity index (χ3n) is 3.53. The predicted octanol–water partition coefficient (Wildman–Crippen LogP) is 3.53. The Kier molecular flexibility index (Phi) is 6.96. The van der Waals surface area contributed by atoms with Crippen LogP contribution in [-0.2, 0) is 20.9 Å². The Labute approximate surface area is 159 Å². The fourth-order valence-corrected chi connectivity index (χ4v) is 2.28. The van der Waals surface area contributed by atoms with Gasteiger partial charge in [-0.2, -0.15) is 0 Å². The van der Waals surface area contributed by atoms with Crippen LogP contribution < -0.4 is 4.90 Å². The molecule has 144 valence electrons. The van der Waals surface area contributed by atoms with Crippen LogP contribution in [0.5, 0.6) is 0 Å². The summed E-state index contributed by atoms with van der Waals surface area (Å²) in [7, 11) is 0. The van der Waals surface area contributed by atoms with Crippen LogP contribution in [0.25, 0.3) is 0 Å². The third-order valence-corrected chi connectivity index (χ3v) is 3.53. The topological polar surface area (TPSA) is 76.1 Å². The molecule has 1 N–H and O–H groups in total. The summed E-state index contributed by atoms with van der Waals surface area (Å²) in [4.78, 5) is 25.9. The molecule has 0 aliphatic carbocycles. The highest BCUT2D eigenvalue weighted by atomic mass is 16.6. The highest BCUT2D eigenvalue weighted by Gasteiger charge is 2.28. The number of para-hydroxylation sites is 1. The van der Waals surface area contributed by atoms with Crippen LogP contribution >= 0.6 is 0 Å². The molecule has 2 aromatic rings. The van der Waals surface area contributed by atoms with Crippen molar-refractivity contribution in [3.8, 4) is 0 Å². The molecule has 0 spiro atoms. The number of anilines is 1. The molecule has 1 amide bonds. The van der Waals surface area contributed by atoms with Gasteiger partial charge in [0.2, 0.25) is 0 Å². The fourth-order valence-electron chi connectivity index (χ4n) is 2.28. The lowest BCUT2D eigenvalue weighted by molar-refractivity contribution is -0.154. The summed E-state index contributed by atoms with van der Waals surface area (Å²) in [6.07, 6.45) is -2.15. The van der Waals surface area contributed by atoms with Crippen molar-refractivity contribution in [2.24, 2.45) is 0 Å². The van der Waals surface area contributed by atoms with E-state index in [0.29, 0.717) is 5.69 Å². The number of carbonyl (C=O) groups excluding carboxylic acids is 2. The minimum Gasteiger partial charge on any atom is -0.459 e. The number of aliphatic hydroxyl groups excluding tert-OH is 1. The molecule has 0 bridgehead atoms. The van der Waals surface area contributed by atoms with Crippen molar-refractivity contribution in [3.63, 3.8) is 0 Å². The van der Waals surface area contributed by atoms with Gasteiger partial charge >= 0.3 is 12.1 Å². The van der Waals surface area contributed by atoms with E-state index >= 15 is 0 Å². The number of rotatable bonds is 6. The Bertz CT molecular complexity index is 740. The van der Waals surface area contributed by atoms with Crippen molar-refractivity contribution in [3.05, 3.63) is 66.2 Å². The van der Waals surface area contributed by atoms with Crippen molar-refractivity contribution < 1.29 is 24.2 Å². The first-order chi connectivity index (χ1) is 12.8. The number of benzene rings is 2. The third kappa shape index (κ3) is 6.75. The molecule has 0 fully saturated rings. The van der Waals surface area contributed by atoms with E-state index < -0.39 is 23.8 Å². The monoisotopic (exact) mass is 371 g/mol. The highest BCUT2D eigenvalue weighted by Crippen LogP contribution is 2.18. The second-order valence-electron chi connectivity index (χ2n) is 7.04. The van der Waals surface area contributed by atoms with Crippen LogP contribution in [0, 0.1) is 0 Å². The van der Waals surface area contributed by atoms with E-state index in [-0.39, 0.29) is 13.2 Å². The molecular formula is C21H25NO5. The molecule has 0 saturated heterocycles. The normalized spacial score (nSPS) is 12.1. The van der Waals surface area contributed by atoms with Crippen molar-refractivity contribution in [2.75, 3.05) is 11.4 Å². The molecule has 0 aliphatic rings. The van der Waals surface area contributed by atoms with Crippen LogP contribution in [0.3, 0.4) is 0 Å². The summed E-state index contributed by atoms with van der Waals surface area (Å²) in [5.41, 5.74) is 0.620. The highest BCUT2D eigenvalue weighted by molar-refractivity contribution is 5.89. The Hall–Kier alpha value is -2.86. The molecular weight excluding hydrogens is 346 g/mol. The molecule has 0 aliphatic heterocycles. The van der Waals surface area contributed by atoms with Crippen LogP contribution in [0.4, 0.5) is 10.5 Å². The maximum absolute atomic E-state index is 12.5. The number of nitrogens with zero attached hydrogens (tertiary/aromatic N) is 1. The van der Waals surface area contributed by atoms with Gasteiger partial charge in [-0.05, 0) is 38.5 Å². The summed E-state index contributed by atoms with van der Waals surface area (Å²) in [6.45, 7) is 5.02. The first-order valence-corrected chi connectivity index (χ1v) is 8.70. The van der Waals surface area contributed by atoms with Gasteiger partial charge in [-0.25, -0.2) is 9.59 Å². The van der Waals surface area contributed by atoms with E-state index in [1.165, 1.54) is 4.90 Å². The van der Waals surface area contributed by atoms with Gasteiger partial charge in [-0.3, -0.25) is 4.90 Å². The van der Waals surface area contributed by atoms with Crippen LogP contribution in [-0.4, -0.2) is 35.4 Å². The molecule has 6 nitrogen and oxygen atoms in total. The van der Waals surface area contributed by atoms with Crippen molar-refractivity contribution >= 4 is 17.7 Å². The molecule has 0 aromatic heterocycles. The average molecular weight is 371 g/mol. The number of esters is 1. The van der Waals surface area contributed by atoms with Crippen molar-refractivity contribution in [1.82, 2.24) is 0 Å². The summed E-state index contributed by atoms with van der Waals surface area (Å²) in [5.74, 6) is -0.802. The first kappa shape index (κ1) is 20.5. The number of ether oxygens (including phenoxy) is 2.